The molecule has 0 amide bonds. The summed E-state index contributed by atoms with van der Waals surface area (Å²) in [5.74, 6) is 0. The number of unbranched alkanes of at least 4 members (excludes halogenated alkanes) is 2. The van der Waals surface area contributed by atoms with E-state index in [9.17, 15) is 4.57 Å². The van der Waals surface area contributed by atoms with Gasteiger partial charge in [-0.2, -0.15) is 0 Å². The van der Waals surface area contributed by atoms with Gasteiger partial charge in [0.25, 0.3) is 0 Å². The molecule has 0 bridgehead atoms. The van der Waals surface area contributed by atoms with Crippen molar-refractivity contribution in [2.45, 2.75) is 19.3 Å². The molecule has 0 aromatic carbocycles. The van der Waals surface area contributed by atoms with Gasteiger partial charge in [0.2, 0.25) is 0 Å². The smallest absolute Gasteiger partial charge is 0.313 e. The van der Waals surface area contributed by atoms with Crippen molar-refractivity contribution in [1.82, 2.24) is 5.09 Å². The largest absolute Gasteiger partial charge is 0.400 e. The van der Waals surface area contributed by atoms with Crippen molar-refractivity contribution in [2.24, 2.45) is 0 Å². The number of hydrogen-bond donors (Lipinski definition) is 3. The van der Waals surface area contributed by atoms with Crippen LogP contribution in [0, 0.1) is 6.92 Å². The zero-order valence-electron chi connectivity index (χ0n) is 5.79. The van der Waals surface area contributed by atoms with Crippen molar-refractivity contribution in [3.05, 3.63) is 6.92 Å². The standard InChI is InChI=1S/C5H13NO3P/c1-2-3-4-5-6-10(7,8)9/h1-5H2,(H3,6,7,8,9). The molecule has 3 N–H and O–H groups in total. The first kappa shape index (κ1) is 10.1. The van der Waals surface area contributed by atoms with Gasteiger partial charge >= 0.3 is 7.75 Å². The van der Waals surface area contributed by atoms with Crippen LogP contribution >= 0.6 is 7.75 Å². The van der Waals surface area contributed by atoms with E-state index in [0.29, 0.717) is 6.54 Å². The van der Waals surface area contributed by atoms with Gasteiger partial charge in [-0.15, -0.1) is 0 Å². The minimum Gasteiger partial charge on any atom is -0.313 e. The lowest BCUT2D eigenvalue weighted by Gasteiger charge is -2.04. The Kier molecular flexibility index (Phi) is 4.91. The normalized spacial score (nSPS) is 11.9. The SMILES string of the molecule is [CH2]CCCCNP(=O)(O)O. The van der Waals surface area contributed by atoms with Crippen LogP contribution < -0.4 is 5.09 Å². The monoisotopic (exact) mass is 166 g/mol. The maximum Gasteiger partial charge on any atom is 0.400 e. The molecule has 1 radical (unpaired) electrons. The van der Waals surface area contributed by atoms with Crippen LogP contribution in [0.1, 0.15) is 19.3 Å². The van der Waals surface area contributed by atoms with Gasteiger partial charge in [-0.25, -0.2) is 9.65 Å². The molecule has 0 saturated carbocycles. The zero-order valence-corrected chi connectivity index (χ0v) is 6.68. The summed E-state index contributed by atoms with van der Waals surface area (Å²) < 4.78 is 10.2. The second-order valence-electron chi connectivity index (χ2n) is 2.01. The first-order chi connectivity index (χ1) is 4.56. The fourth-order valence-corrected chi connectivity index (χ4v) is 0.976. The summed E-state index contributed by atoms with van der Waals surface area (Å²) in [5.41, 5.74) is 0. The van der Waals surface area contributed by atoms with Gasteiger partial charge in [0.15, 0.2) is 0 Å². The second kappa shape index (κ2) is 4.85. The molecule has 0 rings (SSSR count). The Bertz CT molecular complexity index is 122. The van der Waals surface area contributed by atoms with Crippen molar-refractivity contribution < 1.29 is 14.4 Å². The predicted molar refractivity (Wildman–Crippen MR) is 39.3 cm³/mol. The Morgan fingerprint density at radius 3 is 2.40 bits per heavy atom. The minimum absolute atomic E-state index is 0.361. The molecule has 0 aliphatic heterocycles. The molecule has 0 aromatic heterocycles. The van der Waals surface area contributed by atoms with E-state index in [1.807, 2.05) is 0 Å². The van der Waals surface area contributed by atoms with Crippen molar-refractivity contribution in [3.63, 3.8) is 0 Å². The van der Waals surface area contributed by atoms with Crippen molar-refractivity contribution in [2.75, 3.05) is 6.54 Å². The van der Waals surface area contributed by atoms with Crippen LogP contribution in [0.4, 0.5) is 0 Å². The van der Waals surface area contributed by atoms with Gasteiger partial charge in [-0.3, -0.25) is 0 Å². The van der Waals surface area contributed by atoms with Crippen LogP contribution in [0.3, 0.4) is 0 Å². The molecule has 4 nitrogen and oxygen atoms in total. The van der Waals surface area contributed by atoms with Gasteiger partial charge in [-0.05, 0) is 6.42 Å². The van der Waals surface area contributed by atoms with E-state index in [4.69, 9.17) is 9.79 Å². The minimum atomic E-state index is -3.98. The molecule has 0 saturated heterocycles. The highest BCUT2D eigenvalue weighted by Gasteiger charge is 2.08. The summed E-state index contributed by atoms with van der Waals surface area (Å²) in [6, 6.07) is 0. The van der Waals surface area contributed by atoms with Gasteiger partial charge < -0.3 is 9.79 Å². The summed E-state index contributed by atoms with van der Waals surface area (Å²) in [4.78, 5) is 16.6. The molecule has 0 heterocycles. The summed E-state index contributed by atoms with van der Waals surface area (Å²) in [5, 5.41) is 2.10. The maximum absolute atomic E-state index is 10.2. The quantitative estimate of drug-likeness (QED) is 0.414. The molecule has 0 aromatic rings. The topological polar surface area (TPSA) is 69.6 Å². The number of rotatable bonds is 5. The average molecular weight is 166 g/mol. The van der Waals surface area contributed by atoms with Crippen LogP contribution in [0.25, 0.3) is 0 Å². The second-order valence-corrected chi connectivity index (χ2v) is 3.42. The highest BCUT2D eigenvalue weighted by molar-refractivity contribution is 7.49. The molecule has 0 aliphatic rings. The van der Waals surface area contributed by atoms with E-state index in [1.165, 1.54) is 0 Å². The van der Waals surface area contributed by atoms with Crippen molar-refractivity contribution >= 4 is 7.75 Å². The van der Waals surface area contributed by atoms with Crippen LogP contribution in [-0.4, -0.2) is 16.3 Å². The van der Waals surface area contributed by atoms with Gasteiger partial charge in [0, 0.05) is 6.54 Å². The molecule has 0 atom stereocenters. The first-order valence-electron chi connectivity index (χ1n) is 3.16. The molecule has 61 valence electrons. The molecule has 0 unspecified atom stereocenters. The number of hydrogen-bond acceptors (Lipinski definition) is 1. The van der Waals surface area contributed by atoms with Crippen LogP contribution in [0.15, 0.2) is 0 Å². The summed E-state index contributed by atoms with van der Waals surface area (Å²) >= 11 is 0. The Morgan fingerprint density at radius 2 is 2.00 bits per heavy atom. The molecule has 0 fully saturated rings. The molecule has 5 heteroatoms. The lowest BCUT2D eigenvalue weighted by Crippen LogP contribution is -2.10. The fraction of sp³-hybridized carbons (Fsp3) is 0.800. The summed E-state index contributed by atoms with van der Waals surface area (Å²) in [6.07, 6.45) is 2.46. The van der Waals surface area contributed by atoms with Gasteiger partial charge in [0.05, 0.1) is 0 Å². The van der Waals surface area contributed by atoms with Crippen molar-refractivity contribution in [3.8, 4) is 0 Å². The lowest BCUT2D eigenvalue weighted by molar-refractivity contribution is 0.356. The molecule has 10 heavy (non-hydrogen) atoms. The summed E-state index contributed by atoms with van der Waals surface area (Å²) in [6.45, 7) is 3.96. The predicted octanol–water partition coefficient (Wildman–Crippen LogP) is 0.673. The van der Waals surface area contributed by atoms with E-state index in [-0.39, 0.29) is 0 Å². The molecular weight excluding hydrogens is 153 g/mol. The van der Waals surface area contributed by atoms with E-state index in [2.05, 4.69) is 12.0 Å². The third-order valence-corrected chi connectivity index (χ3v) is 1.63. The van der Waals surface area contributed by atoms with E-state index in [1.54, 1.807) is 0 Å². The Hall–Kier alpha value is 0.110. The third kappa shape index (κ3) is 8.11. The summed E-state index contributed by atoms with van der Waals surface area (Å²) in [7, 11) is -3.98. The Labute approximate surface area is 60.9 Å². The maximum atomic E-state index is 10.2. The highest BCUT2D eigenvalue weighted by atomic mass is 31.2. The molecule has 0 aliphatic carbocycles. The van der Waals surface area contributed by atoms with Crippen LogP contribution in [0.5, 0.6) is 0 Å². The van der Waals surface area contributed by atoms with Gasteiger partial charge in [0.1, 0.15) is 0 Å². The Morgan fingerprint density at radius 1 is 1.40 bits per heavy atom. The highest BCUT2D eigenvalue weighted by Crippen LogP contribution is 2.27. The van der Waals surface area contributed by atoms with E-state index in [0.717, 1.165) is 19.3 Å². The molecular formula is C5H13NO3P. The van der Waals surface area contributed by atoms with Crippen molar-refractivity contribution in [1.29, 1.82) is 0 Å². The van der Waals surface area contributed by atoms with E-state index < -0.39 is 7.75 Å². The van der Waals surface area contributed by atoms with E-state index >= 15 is 0 Å². The number of nitrogens with one attached hydrogen (secondary N) is 1. The first-order valence-corrected chi connectivity index (χ1v) is 4.77. The zero-order chi connectivity index (χ0) is 8.04. The average Bonchev–Trinajstić information content (AvgIpc) is 1.78. The van der Waals surface area contributed by atoms with Crippen LogP contribution in [-0.2, 0) is 4.57 Å². The van der Waals surface area contributed by atoms with Gasteiger partial charge in [-0.1, -0.05) is 19.8 Å². The fourth-order valence-electron chi connectivity index (χ4n) is 0.526. The third-order valence-electron chi connectivity index (χ3n) is 0.995. The molecule has 0 spiro atoms. The lowest BCUT2D eigenvalue weighted by atomic mass is 10.3. The Balaban J connectivity index is 3.13. The van der Waals surface area contributed by atoms with Crippen LogP contribution in [0.2, 0.25) is 0 Å².